The van der Waals surface area contributed by atoms with Crippen LogP contribution in [0.2, 0.25) is 5.02 Å². The summed E-state index contributed by atoms with van der Waals surface area (Å²) >= 11 is 9.77. The molecule has 0 spiro atoms. The zero-order chi connectivity index (χ0) is 21.5. The summed E-state index contributed by atoms with van der Waals surface area (Å²) in [4.78, 5) is 12.3. The molecule has 7 heteroatoms. The molecule has 1 amide bonds. The van der Waals surface area contributed by atoms with Crippen molar-refractivity contribution in [2.24, 2.45) is 0 Å². The number of nitrogens with zero attached hydrogens (tertiary/aromatic N) is 1. The molecule has 0 aliphatic heterocycles. The van der Waals surface area contributed by atoms with Crippen LogP contribution < -0.4 is 10.1 Å². The third kappa shape index (κ3) is 5.69. The van der Waals surface area contributed by atoms with E-state index < -0.39 is 11.7 Å². The van der Waals surface area contributed by atoms with Crippen molar-refractivity contribution in [3.63, 3.8) is 0 Å². The molecule has 3 rings (SSSR count). The molecule has 0 unspecified atom stereocenters. The van der Waals surface area contributed by atoms with Gasteiger partial charge in [0.25, 0.3) is 5.91 Å². The van der Waals surface area contributed by atoms with Crippen molar-refractivity contribution in [2.75, 3.05) is 5.32 Å². The minimum absolute atomic E-state index is 0.114. The molecule has 4 nitrogen and oxygen atoms in total. The van der Waals surface area contributed by atoms with Gasteiger partial charge in [-0.15, -0.1) is 0 Å². The highest BCUT2D eigenvalue weighted by molar-refractivity contribution is 9.10. The lowest BCUT2D eigenvalue weighted by molar-refractivity contribution is -0.112. The number of hydrogen-bond donors (Lipinski definition) is 1. The third-order valence-electron chi connectivity index (χ3n) is 4.08. The molecule has 0 saturated heterocycles. The zero-order valence-corrected chi connectivity index (χ0v) is 17.9. The van der Waals surface area contributed by atoms with Crippen LogP contribution in [-0.2, 0) is 11.4 Å². The average molecular weight is 486 g/mol. The Morgan fingerprint density at radius 3 is 2.57 bits per heavy atom. The largest absolute Gasteiger partial charge is 0.487 e. The Morgan fingerprint density at radius 2 is 1.90 bits per heavy atom. The molecule has 0 heterocycles. The van der Waals surface area contributed by atoms with E-state index in [1.54, 1.807) is 18.2 Å². The van der Waals surface area contributed by atoms with E-state index in [0.717, 1.165) is 10.0 Å². The summed E-state index contributed by atoms with van der Waals surface area (Å²) < 4.78 is 19.7. The number of amides is 1. The maximum absolute atomic E-state index is 13.0. The van der Waals surface area contributed by atoms with Crippen molar-refractivity contribution in [1.29, 1.82) is 5.26 Å². The van der Waals surface area contributed by atoms with E-state index in [1.807, 2.05) is 30.3 Å². The normalized spacial score (nSPS) is 10.9. The average Bonchev–Trinajstić information content (AvgIpc) is 2.74. The Kier molecular flexibility index (Phi) is 7.23. The highest BCUT2D eigenvalue weighted by Gasteiger charge is 2.11. The highest BCUT2D eigenvalue weighted by atomic mass is 79.9. The number of anilines is 1. The summed E-state index contributed by atoms with van der Waals surface area (Å²) in [5.74, 6) is -0.533. The summed E-state index contributed by atoms with van der Waals surface area (Å²) in [7, 11) is 0. The summed E-state index contributed by atoms with van der Waals surface area (Å²) in [6.07, 6.45) is 1.42. The number of ether oxygens (including phenoxy) is 1. The SMILES string of the molecule is N#C/C(=C\c1ccc(OCc2ccccc2Br)c(Cl)c1)C(=O)Nc1ccc(F)cc1. The van der Waals surface area contributed by atoms with Gasteiger partial charge in [-0.2, -0.15) is 5.26 Å². The molecule has 0 aromatic heterocycles. The number of nitrogens with one attached hydrogen (secondary N) is 1. The maximum atomic E-state index is 13.0. The van der Waals surface area contributed by atoms with Gasteiger partial charge in [-0.3, -0.25) is 4.79 Å². The van der Waals surface area contributed by atoms with Gasteiger partial charge >= 0.3 is 0 Å². The van der Waals surface area contributed by atoms with E-state index >= 15 is 0 Å². The number of halogens is 3. The second-order valence-electron chi connectivity index (χ2n) is 6.20. The molecule has 0 fully saturated rings. The summed E-state index contributed by atoms with van der Waals surface area (Å²) in [5.41, 5.74) is 1.81. The number of carbonyl (C=O) groups excluding carboxylic acids is 1. The third-order valence-corrected chi connectivity index (χ3v) is 5.14. The Morgan fingerprint density at radius 1 is 1.17 bits per heavy atom. The lowest BCUT2D eigenvalue weighted by Crippen LogP contribution is -2.13. The monoisotopic (exact) mass is 484 g/mol. The molecule has 0 aliphatic rings. The van der Waals surface area contributed by atoms with Crippen LogP contribution in [0.5, 0.6) is 5.75 Å². The maximum Gasteiger partial charge on any atom is 0.266 e. The van der Waals surface area contributed by atoms with Gasteiger partial charge in [-0.1, -0.05) is 51.8 Å². The van der Waals surface area contributed by atoms with Crippen LogP contribution in [-0.4, -0.2) is 5.91 Å². The zero-order valence-electron chi connectivity index (χ0n) is 15.5. The molecule has 0 bridgehead atoms. The van der Waals surface area contributed by atoms with E-state index in [9.17, 15) is 14.4 Å². The first-order chi connectivity index (χ1) is 14.5. The van der Waals surface area contributed by atoms with Crippen molar-refractivity contribution in [2.45, 2.75) is 6.61 Å². The fourth-order valence-corrected chi connectivity index (χ4v) is 3.18. The number of rotatable bonds is 6. The van der Waals surface area contributed by atoms with Gasteiger partial charge < -0.3 is 10.1 Å². The second-order valence-corrected chi connectivity index (χ2v) is 7.46. The molecule has 0 aliphatic carbocycles. The minimum atomic E-state index is -0.602. The fraction of sp³-hybridized carbons (Fsp3) is 0.0435. The second kappa shape index (κ2) is 10.1. The standard InChI is InChI=1S/C23H15BrClFN2O2/c24-20-4-2-1-3-16(20)14-30-22-10-5-15(12-21(22)25)11-17(13-27)23(29)28-19-8-6-18(26)7-9-19/h1-12H,14H2,(H,28,29)/b17-11+. The van der Waals surface area contributed by atoms with E-state index in [1.165, 1.54) is 30.3 Å². The fourth-order valence-electron chi connectivity index (χ4n) is 2.54. The van der Waals surface area contributed by atoms with Crippen LogP contribution in [0.1, 0.15) is 11.1 Å². The van der Waals surface area contributed by atoms with E-state index in [0.29, 0.717) is 28.6 Å². The van der Waals surface area contributed by atoms with E-state index in [2.05, 4.69) is 21.2 Å². The number of nitriles is 1. The predicted molar refractivity (Wildman–Crippen MR) is 119 cm³/mol. The molecule has 150 valence electrons. The smallest absolute Gasteiger partial charge is 0.266 e. The first-order valence-electron chi connectivity index (χ1n) is 8.81. The molecule has 3 aromatic carbocycles. The van der Waals surface area contributed by atoms with Crippen LogP contribution in [0.25, 0.3) is 6.08 Å². The Labute approximate surface area is 186 Å². The number of carbonyl (C=O) groups is 1. The van der Waals surface area contributed by atoms with Gasteiger partial charge in [0, 0.05) is 15.7 Å². The lowest BCUT2D eigenvalue weighted by atomic mass is 10.1. The summed E-state index contributed by atoms with van der Waals surface area (Å²) in [6, 6.07) is 19.8. The Hall–Kier alpha value is -3.14. The quantitative estimate of drug-likeness (QED) is 0.326. The van der Waals surface area contributed by atoms with Crippen LogP contribution in [0.15, 0.2) is 76.8 Å². The Bertz CT molecular complexity index is 1140. The topological polar surface area (TPSA) is 62.1 Å². The lowest BCUT2D eigenvalue weighted by Gasteiger charge is -2.10. The molecular weight excluding hydrogens is 471 g/mol. The molecule has 30 heavy (non-hydrogen) atoms. The molecule has 3 aromatic rings. The first-order valence-corrected chi connectivity index (χ1v) is 9.98. The van der Waals surface area contributed by atoms with Crippen molar-refractivity contribution in [3.05, 3.63) is 98.7 Å². The van der Waals surface area contributed by atoms with Crippen LogP contribution in [0, 0.1) is 17.1 Å². The number of benzene rings is 3. The van der Waals surface area contributed by atoms with Gasteiger partial charge in [-0.05, 0) is 54.1 Å². The molecule has 0 atom stereocenters. The highest BCUT2D eigenvalue weighted by Crippen LogP contribution is 2.28. The predicted octanol–water partition coefficient (Wildman–Crippen LogP) is 6.37. The van der Waals surface area contributed by atoms with Crippen LogP contribution >= 0.6 is 27.5 Å². The summed E-state index contributed by atoms with van der Waals surface area (Å²) in [6.45, 7) is 0.333. The molecule has 1 N–H and O–H groups in total. The van der Waals surface area contributed by atoms with Gasteiger partial charge in [0.15, 0.2) is 0 Å². The molecule has 0 radical (unpaired) electrons. The van der Waals surface area contributed by atoms with Crippen molar-refractivity contribution < 1.29 is 13.9 Å². The van der Waals surface area contributed by atoms with E-state index in [4.69, 9.17) is 16.3 Å². The Balaban J connectivity index is 1.71. The minimum Gasteiger partial charge on any atom is -0.487 e. The molecular formula is C23H15BrClFN2O2. The van der Waals surface area contributed by atoms with Gasteiger partial charge in [0.1, 0.15) is 29.8 Å². The van der Waals surface area contributed by atoms with Gasteiger partial charge in [-0.25, -0.2) is 4.39 Å². The van der Waals surface area contributed by atoms with Crippen LogP contribution in [0.3, 0.4) is 0 Å². The van der Waals surface area contributed by atoms with Crippen molar-refractivity contribution in [3.8, 4) is 11.8 Å². The molecule has 0 saturated carbocycles. The first kappa shape index (κ1) is 21.6. The van der Waals surface area contributed by atoms with Gasteiger partial charge in [0.05, 0.1) is 5.02 Å². The number of hydrogen-bond acceptors (Lipinski definition) is 3. The van der Waals surface area contributed by atoms with Crippen LogP contribution in [0.4, 0.5) is 10.1 Å². The van der Waals surface area contributed by atoms with Gasteiger partial charge in [0.2, 0.25) is 0 Å². The van der Waals surface area contributed by atoms with E-state index in [-0.39, 0.29) is 5.57 Å². The summed E-state index contributed by atoms with van der Waals surface area (Å²) in [5, 5.41) is 12.2. The van der Waals surface area contributed by atoms with Crippen molar-refractivity contribution in [1.82, 2.24) is 0 Å². The van der Waals surface area contributed by atoms with Crippen molar-refractivity contribution >= 4 is 45.2 Å².